The van der Waals surface area contributed by atoms with Gasteiger partial charge in [0, 0.05) is 17.2 Å². The van der Waals surface area contributed by atoms with E-state index in [1.807, 2.05) is 36.4 Å². The summed E-state index contributed by atoms with van der Waals surface area (Å²) < 4.78 is 6.95. The monoisotopic (exact) mass is 451 g/mol. The summed E-state index contributed by atoms with van der Waals surface area (Å²) in [7, 11) is 0. The minimum Gasteiger partial charge on any atom is -0.463 e. The van der Waals surface area contributed by atoms with E-state index in [1.165, 1.54) is 4.68 Å². The predicted octanol–water partition coefficient (Wildman–Crippen LogP) is 4.50. The molecule has 0 unspecified atom stereocenters. The summed E-state index contributed by atoms with van der Waals surface area (Å²) in [5.74, 6) is 0.888. The number of rotatable bonds is 4. The molecule has 34 heavy (non-hydrogen) atoms. The second kappa shape index (κ2) is 8.15. The number of aryl methyl sites for hydroxylation is 1. The predicted molar refractivity (Wildman–Crippen MR) is 128 cm³/mol. The Labute approximate surface area is 194 Å². The number of nitrogens with one attached hydrogen (secondary N) is 2. The Kier molecular flexibility index (Phi) is 4.83. The smallest absolute Gasteiger partial charge is 0.256 e. The summed E-state index contributed by atoms with van der Waals surface area (Å²) in [6, 6.07) is 18.7. The maximum Gasteiger partial charge on any atom is 0.256 e. The summed E-state index contributed by atoms with van der Waals surface area (Å²) in [5, 5.41) is 9.54. The number of amides is 1. The molecule has 1 aliphatic carbocycles. The Morgan fingerprint density at radius 3 is 2.71 bits per heavy atom. The number of nitrogens with zero attached hydrogens (tertiary/aromatic N) is 3. The molecule has 3 heterocycles. The molecule has 6 rings (SSSR count). The van der Waals surface area contributed by atoms with E-state index >= 15 is 0 Å². The van der Waals surface area contributed by atoms with Crippen LogP contribution in [0.15, 0.2) is 76.1 Å². The number of aromatic amines is 1. The van der Waals surface area contributed by atoms with Crippen LogP contribution in [0.5, 0.6) is 0 Å². The van der Waals surface area contributed by atoms with Crippen LogP contribution >= 0.6 is 0 Å². The van der Waals surface area contributed by atoms with Crippen LogP contribution in [0.2, 0.25) is 0 Å². The van der Waals surface area contributed by atoms with Crippen LogP contribution < -0.4 is 10.9 Å². The van der Waals surface area contributed by atoms with Gasteiger partial charge in [-0.25, -0.2) is 4.98 Å². The van der Waals surface area contributed by atoms with E-state index in [0.29, 0.717) is 22.8 Å². The van der Waals surface area contributed by atoms with Crippen molar-refractivity contribution in [3.63, 3.8) is 0 Å². The largest absolute Gasteiger partial charge is 0.463 e. The zero-order valence-corrected chi connectivity index (χ0v) is 18.2. The molecule has 8 nitrogen and oxygen atoms in total. The third-order valence-electron chi connectivity index (χ3n) is 6.12. The molecule has 8 heteroatoms. The molecule has 1 amide bonds. The molecule has 0 fully saturated rings. The van der Waals surface area contributed by atoms with Gasteiger partial charge in [0.25, 0.3) is 11.5 Å². The lowest BCUT2D eigenvalue weighted by Gasteiger charge is -2.15. The van der Waals surface area contributed by atoms with Crippen LogP contribution in [-0.4, -0.2) is 25.7 Å². The maximum atomic E-state index is 13.2. The van der Waals surface area contributed by atoms with E-state index in [9.17, 15) is 9.59 Å². The first-order chi connectivity index (χ1) is 16.7. The molecular weight excluding hydrogens is 430 g/mol. The molecule has 1 aliphatic rings. The Morgan fingerprint density at radius 1 is 1.00 bits per heavy atom. The van der Waals surface area contributed by atoms with Crippen LogP contribution in [0.25, 0.3) is 28.2 Å². The highest BCUT2D eigenvalue weighted by molar-refractivity contribution is 6.06. The highest BCUT2D eigenvalue weighted by Crippen LogP contribution is 2.26. The fraction of sp³-hybridized carbons (Fsp3) is 0.154. The van der Waals surface area contributed by atoms with Crippen molar-refractivity contribution >= 4 is 22.5 Å². The number of fused-ring (bicyclic) bond motifs is 2. The number of hydrogen-bond acceptors (Lipinski definition) is 5. The van der Waals surface area contributed by atoms with Gasteiger partial charge in [-0.15, -0.1) is 0 Å². The molecule has 0 saturated carbocycles. The topological polar surface area (TPSA) is 106 Å². The van der Waals surface area contributed by atoms with Crippen molar-refractivity contribution in [3.8, 4) is 17.4 Å². The molecule has 0 bridgehead atoms. The third-order valence-corrected chi connectivity index (χ3v) is 6.12. The first-order valence-corrected chi connectivity index (χ1v) is 11.2. The minimum atomic E-state index is -0.293. The van der Waals surface area contributed by atoms with E-state index in [-0.39, 0.29) is 17.4 Å². The summed E-state index contributed by atoms with van der Waals surface area (Å²) >= 11 is 0. The number of anilines is 1. The van der Waals surface area contributed by atoms with Gasteiger partial charge in [0.15, 0.2) is 5.76 Å². The molecular formula is C26H21N5O3. The van der Waals surface area contributed by atoms with E-state index < -0.39 is 0 Å². The van der Waals surface area contributed by atoms with Crippen molar-refractivity contribution < 1.29 is 9.21 Å². The molecule has 0 saturated heterocycles. The molecule has 0 atom stereocenters. The Morgan fingerprint density at radius 2 is 1.85 bits per heavy atom. The minimum absolute atomic E-state index is 0.165. The van der Waals surface area contributed by atoms with Crippen molar-refractivity contribution in [1.82, 2.24) is 19.7 Å². The summed E-state index contributed by atoms with van der Waals surface area (Å²) in [5.41, 5.74) is 2.38. The lowest BCUT2D eigenvalue weighted by Crippen LogP contribution is -2.24. The number of aromatic nitrogens is 4. The third kappa shape index (κ3) is 3.59. The van der Waals surface area contributed by atoms with Gasteiger partial charge in [0.1, 0.15) is 11.5 Å². The first-order valence-electron chi connectivity index (χ1n) is 11.2. The van der Waals surface area contributed by atoms with Gasteiger partial charge in [0.2, 0.25) is 5.95 Å². The molecule has 0 radical (unpaired) electrons. The van der Waals surface area contributed by atoms with Gasteiger partial charge in [-0.2, -0.15) is 9.78 Å². The SMILES string of the molecule is O=C(Nc1cc(-c2ccco2)nn1-c1nc2c(c(=O)[nH]1)CCCC2)c1ccc2ccccc2c1. The highest BCUT2D eigenvalue weighted by atomic mass is 16.3. The second-order valence-electron chi connectivity index (χ2n) is 8.34. The van der Waals surface area contributed by atoms with E-state index in [2.05, 4.69) is 20.4 Å². The van der Waals surface area contributed by atoms with Crippen molar-refractivity contribution in [2.24, 2.45) is 0 Å². The fourth-order valence-electron chi connectivity index (χ4n) is 4.39. The highest BCUT2D eigenvalue weighted by Gasteiger charge is 2.21. The number of H-pyrrole nitrogens is 1. The normalized spacial score (nSPS) is 13.1. The fourth-order valence-corrected chi connectivity index (χ4v) is 4.39. The molecule has 168 valence electrons. The summed E-state index contributed by atoms with van der Waals surface area (Å²) in [6.07, 6.45) is 5.00. The van der Waals surface area contributed by atoms with Crippen LogP contribution in [0.4, 0.5) is 5.82 Å². The van der Waals surface area contributed by atoms with Crippen LogP contribution in [0, 0.1) is 0 Å². The number of hydrogen-bond donors (Lipinski definition) is 2. The first kappa shape index (κ1) is 20.2. The van der Waals surface area contributed by atoms with Gasteiger partial charge >= 0.3 is 0 Å². The van der Waals surface area contributed by atoms with E-state index in [0.717, 1.165) is 47.7 Å². The Balaban J connectivity index is 1.42. The Hall–Kier alpha value is -4.46. The van der Waals surface area contributed by atoms with Crippen LogP contribution in [0.3, 0.4) is 0 Å². The maximum absolute atomic E-state index is 13.2. The van der Waals surface area contributed by atoms with E-state index in [4.69, 9.17) is 4.42 Å². The average molecular weight is 451 g/mol. The van der Waals surface area contributed by atoms with Crippen molar-refractivity contribution in [2.45, 2.75) is 25.7 Å². The summed E-state index contributed by atoms with van der Waals surface area (Å²) in [4.78, 5) is 33.4. The lowest BCUT2D eigenvalue weighted by atomic mass is 9.97. The van der Waals surface area contributed by atoms with Crippen LogP contribution in [0.1, 0.15) is 34.5 Å². The molecule has 5 aromatic rings. The van der Waals surface area contributed by atoms with Crippen molar-refractivity contribution in [2.75, 3.05) is 5.32 Å². The van der Waals surface area contributed by atoms with Gasteiger partial charge in [-0.05, 0) is 60.7 Å². The van der Waals surface area contributed by atoms with Crippen LogP contribution in [-0.2, 0) is 12.8 Å². The number of carbonyl (C=O) groups excluding carboxylic acids is 1. The molecule has 2 aromatic carbocycles. The number of carbonyl (C=O) groups is 1. The van der Waals surface area contributed by atoms with Gasteiger partial charge < -0.3 is 9.73 Å². The second-order valence-corrected chi connectivity index (χ2v) is 8.34. The molecule has 0 aliphatic heterocycles. The van der Waals surface area contributed by atoms with Gasteiger partial charge in [-0.1, -0.05) is 30.3 Å². The van der Waals surface area contributed by atoms with Gasteiger partial charge in [0.05, 0.1) is 12.0 Å². The van der Waals surface area contributed by atoms with Crippen molar-refractivity contribution in [1.29, 1.82) is 0 Å². The molecule has 0 spiro atoms. The quantitative estimate of drug-likeness (QED) is 0.419. The lowest BCUT2D eigenvalue weighted by molar-refractivity contribution is 0.102. The number of benzene rings is 2. The zero-order chi connectivity index (χ0) is 23.1. The standard InChI is InChI=1S/C26H21N5O3/c32-24(18-12-11-16-6-1-2-7-17(16)14-18)28-23-15-21(22-10-5-13-34-22)30-31(23)26-27-20-9-4-3-8-19(20)25(33)29-26/h1-2,5-7,10-15H,3-4,8-9H2,(H,28,32)(H,27,29,33). The Bertz CT molecular complexity index is 1580. The molecule has 2 N–H and O–H groups in total. The summed E-state index contributed by atoms with van der Waals surface area (Å²) in [6.45, 7) is 0. The zero-order valence-electron chi connectivity index (χ0n) is 18.2. The van der Waals surface area contributed by atoms with Crippen molar-refractivity contribution in [3.05, 3.63) is 94.1 Å². The molecule has 3 aromatic heterocycles. The van der Waals surface area contributed by atoms with E-state index in [1.54, 1.807) is 30.5 Å². The number of furan rings is 1. The van der Waals surface area contributed by atoms with Gasteiger partial charge in [-0.3, -0.25) is 14.6 Å². The average Bonchev–Trinajstić information content (AvgIpc) is 3.54.